The number of ether oxygens (including phenoxy) is 1. The van der Waals surface area contributed by atoms with E-state index in [1.807, 2.05) is 7.05 Å². The summed E-state index contributed by atoms with van der Waals surface area (Å²) >= 11 is 5.87. The van der Waals surface area contributed by atoms with Crippen molar-refractivity contribution in [3.63, 3.8) is 0 Å². The zero-order chi connectivity index (χ0) is 15.4. The molecule has 1 aromatic carbocycles. The average molecular weight is 311 g/mol. The second-order valence-electron chi connectivity index (χ2n) is 5.17. The summed E-state index contributed by atoms with van der Waals surface area (Å²) in [7, 11) is 2.03. The lowest BCUT2D eigenvalue weighted by molar-refractivity contribution is -0.134. The number of likely N-dealkylation sites (N-methyl/N-ethyl adjacent to an activating group) is 1. The topological polar surface area (TPSA) is 49.9 Å². The van der Waals surface area contributed by atoms with Gasteiger partial charge in [0.25, 0.3) is 5.91 Å². The standard InChI is InChI=1S/C15H19ClN2O3/c1-11(19)13-9-12(16)3-4-14(13)21-10-15(20)18-7-5-17(2)6-8-18/h3-4,9H,5-8,10H2,1-2H3. The van der Waals surface area contributed by atoms with Gasteiger partial charge in [0.05, 0.1) is 5.56 Å². The number of amides is 1. The van der Waals surface area contributed by atoms with Crippen LogP contribution in [0.1, 0.15) is 17.3 Å². The zero-order valence-electron chi connectivity index (χ0n) is 12.3. The first-order chi connectivity index (χ1) is 9.97. The molecule has 1 amide bonds. The van der Waals surface area contributed by atoms with Gasteiger partial charge >= 0.3 is 0 Å². The third kappa shape index (κ3) is 4.19. The minimum Gasteiger partial charge on any atom is -0.483 e. The van der Waals surface area contributed by atoms with Gasteiger partial charge in [-0.25, -0.2) is 0 Å². The van der Waals surface area contributed by atoms with Crippen molar-refractivity contribution in [2.45, 2.75) is 6.92 Å². The van der Waals surface area contributed by atoms with E-state index in [2.05, 4.69) is 4.90 Å². The molecular formula is C15H19ClN2O3. The Labute approximate surface area is 129 Å². The van der Waals surface area contributed by atoms with E-state index in [0.717, 1.165) is 13.1 Å². The zero-order valence-corrected chi connectivity index (χ0v) is 13.0. The highest BCUT2D eigenvalue weighted by Crippen LogP contribution is 2.23. The molecule has 0 unspecified atom stereocenters. The van der Waals surface area contributed by atoms with Gasteiger partial charge in [-0.15, -0.1) is 0 Å². The fourth-order valence-corrected chi connectivity index (χ4v) is 2.36. The van der Waals surface area contributed by atoms with E-state index >= 15 is 0 Å². The van der Waals surface area contributed by atoms with Gasteiger partial charge < -0.3 is 14.5 Å². The Balaban J connectivity index is 1.96. The van der Waals surface area contributed by atoms with Crippen molar-refractivity contribution >= 4 is 23.3 Å². The molecule has 0 bridgehead atoms. The van der Waals surface area contributed by atoms with Gasteiger partial charge in [0.2, 0.25) is 0 Å². The summed E-state index contributed by atoms with van der Waals surface area (Å²) < 4.78 is 5.51. The van der Waals surface area contributed by atoms with Gasteiger partial charge in [-0.3, -0.25) is 9.59 Å². The van der Waals surface area contributed by atoms with E-state index in [0.29, 0.717) is 29.4 Å². The van der Waals surface area contributed by atoms with E-state index < -0.39 is 0 Å². The van der Waals surface area contributed by atoms with Crippen LogP contribution in [0.15, 0.2) is 18.2 Å². The first-order valence-corrected chi connectivity index (χ1v) is 7.25. The predicted octanol–water partition coefficient (Wildman–Crippen LogP) is 1.70. The molecule has 2 rings (SSSR count). The molecule has 0 spiro atoms. The molecule has 1 aliphatic rings. The Morgan fingerprint density at radius 1 is 1.24 bits per heavy atom. The van der Waals surface area contributed by atoms with Crippen LogP contribution in [0.3, 0.4) is 0 Å². The quantitative estimate of drug-likeness (QED) is 0.794. The van der Waals surface area contributed by atoms with Crippen LogP contribution in [0, 0.1) is 0 Å². The lowest BCUT2D eigenvalue weighted by Crippen LogP contribution is -2.48. The summed E-state index contributed by atoms with van der Waals surface area (Å²) in [5.41, 5.74) is 0.397. The molecule has 5 nitrogen and oxygen atoms in total. The molecular weight excluding hydrogens is 292 g/mol. The number of nitrogens with zero attached hydrogens (tertiary/aromatic N) is 2. The van der Waals surface area contributed by atoms with Crippen LogP contribution in [-0.2, 0) is 4.79 Å². The molecule has 0 aromatic heterocycles. The first-order valence-electron chi connectivity index (χ1n) is 6.87. The number of carbonyl (C=O) groups is 2. The minimum absolute atomic E-state index is 0.0625. The van der Waals surface area contributed by atoms with Gasteiger partial charge in [0, 0.05) is 31.2 Å². The number of hydrogen-bond donors (Lipinski definition) is 0. The Hall–Kier alpha value is -1.59. The second-order valence-corrected chi connectivity index (χ2v) is 5.61. The monoisotopic (exact) mass is 310 g/mol. The van der Waals surface area contributed by atoms with Gasteiger partial charge in [-0.05, 0) is 32.2 Å². The van der Waals surface area contributed by atoms with E-state index in [-0.39, 0.29) is 18.3 Å². The van der Waals surface area contributed by atoms with E-state index in [4.69, 9.17) is 16.3 Å². The number of hydrogen-bond acceptors (Lipinski definition) is 4. The van der Waals surface area contributed by atoms with E-state index in [9.17, 15) is 9.59 Å². The molecule has 0 atom stereocenters. The number of Topliss-reactive ketones (excluding diaryl/α,β-unsaturated/α-hetero) is 1. The maximum absolute atomic E-state index is 12.1. The van der Waals surface area contributed by atoms with Crippen molar-refractivity contribution in [3.8, 4) is 5.75 Å². The van der Waals surface area contributed by atoms with Crippen LogP contribution in [-0.4, -0.2) is 61.3 Å². The fourth-order valence-electron chi connectivity index (χ4n) is 2.19. The highest BCUT2D eigenvalue weighted by Gasteiger charge is 2.20. The summed E-state index contributed by atoms with van der Waals surface area (Å²) in [6, 6.07) is 4.82. The second kappa shape index (κ2) is 6.91. The van der Waals surface area contributed by atoms with Crippen LogP contribution >= 0.6 is 11.6 Å². The number of ketones is 1. The van der Waals surface area contributed by atoms with E-state index in [1.165, 1.54) is 6.92 Å². The van der Waals surface area contributed by atoms with Crippen molar-refractivity contribution in [3.05, 3.63) is 28.8 Å². The van der Waals surface area contributed by atoms with Crippen molar-refractivity contribution < 1.29 is 14.3 Å². The van der Waals surface area contributed by atoms with Crippen molar-refractivity contribution in [2.24, 2.45) is 0 Å². The number of benzene rings is 1. The smallest absolute Gasteiger partial charge is 0.260 e. The summed E-state index contributed by atoms with van der Waals surface area (Å²) in [4.78, 5) is 27.6. The SMILES string of the molecule is CC(=O)c1cc(Cl)ccc1OCC(=O)N1CCN(C)CC1. The van der Waals surface area contributed by atoms with Gasteiger partial charge in [-0.2, -0.15) is 0 Å². The third-order valence-electron chi connectivity index (χ3n) is 3.53. The Morgan fingerprint density at radius 3 is 2.52 bits per heavy atom. The molecule has 1 heterocycles. The van der Waals surface area contributed by atoms with Gasteiger partial charge in [0.15, 0.2) is 12.4 Å². The summed E-state index contributed by atoms with van der Waals surface area (Å²) in [6.45, 7) is 4.53. The summed E-state index contributed by atoms with van der Waals surface area (Å²) in [5.74, 6) is 0.196. The maximum atomic E-state index is 12.1. The van der Waals surface area contributed by atoms with Crippen LogP contribution in [0.4, 0.5) is 0 Å². The van der Waals surface area contributed by atoms with Gasteiger partial charge in [-0.1, -0.05) is 11.6 Å². The molecule has 114 valence electrons. The maximum Gasteiger partial charge on any atom is 0.260 e. The first kappa shape index (κ1) is 15.8. The lowest BCUT2D eigenvalue weighted by atomic mass is 10.1. The Bertz CT molecular complexity index is 540. The third-order valence-corrected chi connectivity index (χ3v) is 3.76. The highest BCUT2D eigenvalue weighted by molar-refractivity contribution is 6.31. The number of carbonyl (C=O) groups excluding carboxylic acids is 2. The van der Waals surface area contributed by atoms with Crippen molar-refractivity contribution in [2.75, 3.05) is 39.8 Å². The molecule has 1 aliphatic heterocycles. The molecule has 0 aliphatic carbocycles. The largest absolute Gasteiger partial charge is 0.483 e. The lowest BCUT2D eigenvalue weighted by Gasteiger charge is -2.32. The molecule has 0 radical (unpaired) electrons. The highest BCUT2D eigenvalue weighted by atomic mass is 35.5. The molecule has 0 saturated carbocycles. The predicted molar refractivity (Wildman–Crippen MR) is 81.0 cm³/mol. The number of halogens is 1. The minimum atomic E-state index is -0.139. The molecule has 1 saturated heterocycles. The number of rotatable bonds is 4. The van der Waals surface area contributed by atoms with Crippen molar-refractivity contribution in [1.82, 2.24) is 9.80 Å². The Kier molecular flexibility index (Phi) is 5.20. The summed E-state index contributed by atoms with van der Waals surface area (Å²) in [5, 5.41) is 0.470. The van der Waals surface area contributed by atoms with Crippen LogP contribution in [0.2, 0.25) is 5.02 Å². The van der Waals surface area contributed by atoms with Crippen LogP contribution < -0.4 is 4.74 Å². The molecule has 1 fully saturated rings. The van der Waals surface area contributed by atoms with Crippen molar-refractivity contribution in [1.29, 1.82) is 0 Å². The summed E-state index contributed by atoms with van der Waals surface area (Å²) in [6.07, 6.45) is 0. The van der Waals surface area contributed by atoms with Gasteiger partial charge in [0.1, 0.15) is 5.75 Å². The van der Waals surface area contributed by atoms with Crippen LogP contribution in [0.25, 0.3) is 0 Å². The average Bonchev–Trinajstić information content (AvgIpc) is 2.46. The van der Waals surface area contributed by atoms with E-state index in [1.54, 1.807) is 23.1 Å². The number of piperazine rings is 1. The molecule has 1 aromatic rings. The molecule has 21 heavy (non-hydrogen) atoms. The fraction of sp³-hybridized carbons (Fsp3) is 0.467. The van der Waals surface area contributed by atoms with Crippen LogP contribution in [0.5, 0.6) is 5.75 Å². The Morgan fingerprint density at radius 2 is 1.90 bits per heavy atom. The molecule has 6 heteroatoms. The normalized spacial score (nSPS) is 15.9. The molecule has 0 N–H and O–H groups in total.